The lowest BCUT2D eigenvalue weighted by Crippen LogP contribution is -2.29. The Morgan fingerprint density at radius 3 is 1.05 bits per heavy atom. The molecule has 0 spiro atoms. The van der Waals surface area contributed by atoms with Crippen molar-refractivity contribution in [3.63, 3.8) is 0 Å². The molecule has 0 aliphatic carbocycles. The number of rotatable bonds is 62. The Labute approximate surface area is 459 Å². The number of carbonyl (C=O) groups excluding carboxylic acids is 2. The molecule has 74 heavy (non-hydrogen) atoms. The van der Waals surface area contributed by atoms with Crippen LogP contribution in [0, 0.1) is 0 Å². The summed E-state index contributed by atoms with van der Waals surface area (Å²) in [6, 6.07) is 0. The summed E-state index contributed by atoms with van der Waals surface area (Å²) >= 11 is 0. The zero-order valence-corrected chi connectivity index (χ0v) is 50.0. The van der Waals surface area contributed by atoms with E-state index in [1.807, 2.05) is 0 Å². The van der Waals surface area contributed by atoms with Crippen LogP contribution in [0.3, 0.4) is 0 Å². The molecule has 9 nitrogen and oxygen atoms in total. The number of allylic oxidation sites excluding steroid dienone is 4. The number of phosphoric ester groups is 1. The predicted molar refractivity (Wildman–Crippen MR) is 317 cm³/mol. The van der Waals surface area contributed by atoms with Gasteiger partial charge < -0.3 is 20.1 Å². The molecular weight excluding hydrogens is 942 g/mol. The molecule has 0 rings (SSSR count). The minimum atomic E-state index is -4.39. The lowest BCUT2D eigenvalue weighted by atomic mass is 10.0. The number of unbranched alkanes of at least 4 members (excludes halogenated alkanes) is 45. The molecule has 0 aromatic heterocycles. The summed E-state index contributed by atoms with van der Waals surface area (Å²) < 4.78 is 33.0. The van der Waals surface area contributed by atoms with Crippen LogP contribution in [0.2, 0.25) is 0 Å². The molecule has 0 fully saturated rings. The number of carbonyl (C=O) groups is 2. The molecular formula is C64H124NO8P. The zero-order chi connectivity index (χ0) is 53.8. The lowest BCUT2D eigenvalue weighted by molar-refractivity contribution is -0.161. The first kappa shape index (κ1) is 72.5. The smallest absolute Gasteiger partial charge is 0.462 e. The number of nitrogens with two attached hydrogens (primary N) is 1. The second-order valence-corrected chi connectivity index (χ2v) is 23.4. The van der Waals surface area contributed by atoms with Crippen molar-refractivity contribution in [2.75, 3.05) is 26.4 Å². The van der Waals surface area contributed by atoms with Crippen molar-refractivity contribution in [3.05, 3.63) is 24.3 Å². The molecule has 0 aliphatic rings. The lowest BCUT2D eigenvalue weighted by Gasteiger charge is -2.19. The fourth-order valence-corrected chi connectivity index (χ4v) is 10.6. The van der Waals surface area contributed by atoms with Gasteiger partial charge in [0.05, 0.1) is 13.2 Å². The third-order valence-electron chi connectivity index (χ3n) is 14.6. The van der Waals surface area contributed by atoms with Crippen LogP contribution in [0.15, 0.2) is 24.3 Å². The largest absolute Gasteiger partial charge is 0.472 e. The fraction of sp³-hybridized carbons (Fsp3) is 0.906. The number of hydrogen-bond donors (Lipinski definition) is 2. The van der Waals surface area contributed by atoms with E-state index in [0.717, 1.165) is 51.4 Å². The van der Waals surface area contributed by atoms with Gasteiger partial charge in [0, 0.05) is 19.4 Å². The Morgan fingerprint density at radius 1 is 0.405 bits per heavy atom. The molecule has 0 saturated carbocycles. The van der Waals surface area contributed by atoms with E-state index in [2.05, 4.69) is 38.2 Å². The summed E-state index contributed by atoms with van der Waals surface area (Å²) in [6.45, 7) is 3.77. The molecule has 438 valence electrons. The Balaban J connectivity index is 3.76. The van der Waals surface area contributed by atoms with E-state index in [4.69, 9.17) is 24.3 Å². The summed E-state index contributed by atoms with van der Waals surface area (Å²) in [6.07, 6.45) is 72.8. The van der Waals surface area contributed by atoms with Crippen LogP contribution in [-0.4, -0.2) is 49.3 Å². The maximum atomic E-state index is 12.7. The van der Waals surface area contributed by atoms with Gasteiger partial charge in [0.15, 0.2) is 6.10 Å². The van der Waals surface area contributed by atoms with Crippen molar-refractivity contribution in [3.8, 4) is 0 Å². The first-order valence-corrected chi connectivity index (χ1v) is 33.8. The van der Waals surface area contributed by atoms with E-state index in [1.54, 1.807) is 0 Å². The van der Waals surface area contributed by atoms with Crippen molar-refractivity contribution < 1.29 is 37.6 Å². The molecule has 0 bridgehead atoms. The van der Waals surface area contributed by atoms with Crippen LogP contribution in [0.4, 0.5) is 0 Å². The molecule has 0 saturated heterocycles. The Morgan fingerprint density at radius 2 is 0.703 bits per heavy atom. The quantitative estimate of drug-likeness (QED) is 0.0264. The highest BCUT2D eigenvalue weighted by atomic mass is 31.2. The van der Waals surface area contributed by atoms with Crippen LogP contribution in [-0.2, 0) is 32.7 Å². The van der Waals surface area contributed by atoms with E-state index >= 15 is 0 Å². The maximum Gasteiger partial charge on any atom is 0.472 e. The van der Waals surface area contributed by atoms with Crippen LogP contribution < -0.4 is 5.73 Å². The van der Waals surface area contributed by atoms with Gasteiger partial charge in [0.25, 0.3) is 0 Å². The first-order valence-electron chi connectivity index (χ1n) is 32.3. The highest BCUT2D eigenvalue weighted by Gasteiger charge is 2.26. The Bertz CT molecular complexity index is 1260. The third kappa shape index (κ3) is 59.7. The fourth-order valence-electron chi connectivity index (χ4n) is 9.79. The molecule has 0 amide bonds. The number of esters is 2. The molecule has 2 atom stereocenters. The molecule has 0 aliphatic heterocycles. The molecule has 0 aromatic carbocycles. The van der Waals surface area contributed by atoms with Gasteiger partial charge in [-0.3, -0.25) is 18.6 Å². The monoisotopic (exact) mass is 1070 g/mol. The Kier molecular flexibility index (Phi) is 59.5. The number of ether oxygens (including phenoxy) is 2. The van der Waals surface area contributed by atoms with E-state index in [9.17, 15) is 19.0 Å². The Hall–Kier alpha value is -1.51. The predicted octanol–water partition coefficient (Wildman–Crippen LogP) is 20.6. The van der Waals surface area contributed by atoms with Gasteiger partial charge in [0.2, 0.25) is 0 Å². The van der Waals surface area contributed by atoms with E-state index in [-0.39, 0.29) is 38.6 Å². The molecule has 0 aromatic rings. The zero-order valence-electron chi connectivity index (χ0n) is 49.1. The van der Waals surface area contributed by atoms with Gasteiger partial charge in [0.1, 0.15) is 6.61 Å². The average Bonchev–Trinajstić information content (AvgIpc) is 3.39. The van der Waals surface area contributed by atoms with Crippen molar-refractivity contribution in [1.82, 2.24) is 0 Å². The van der Waals surface area contributed by atoms with E-state index in [0.29, 0.717) is 6.42 Å². The third-order valence-corrected chi connectivity index (χ3v) is 15.6. The number of phosphoric acid groups is 1. The molecule has 3 N–H and O–H groups in total. The summed E-state index contributed by atoms with van der Waals surface area (Å²) in [5.41, 5.74) is 5.38. The van der Waals surface area contributed by atoms with E-state index < -0.39 is 26.5 Å². The van der Waals surface area contributed by atoms with Crippen LogP contribution in [0.1, 0.15) is 341 Å². The van der Waals surface area contributed by atoms with Gasteiger partial charge in [-0.05, 0) is 44.9 Å². The standard InChI is InChI=1S/C64H124NO8P/c1-3-5-7-9-11-13-15-17-19-21-22-23-24-25-26-27-28-29-30-31-32-33-34-35-36-37-38-39-41-42-44-46-48-50-52-54-56-63(66)70-60-62(61-72-74(68,69)71-59-58-65)73-64(67)57-55-53-51-49-47-45-43-40-20-18-16-14-12-10-8-6-4-2/h12,14,18,20,62H,3-11,13,15-17,19,21-61,65H2,1-2H3,(H,68,69)/b14-12-,20-18-. The topological polar surface area (TPSA) is 134 Å². The van der Waals surface area contributed by atoms with Gasteiger partial charge in [-0.2, -0.15) is 0 Å². The van der Waals surface area contributed by atoms with Gasteiger partial charge >= 0.3 is 19.8 Å². The molecule has 2 unspecified atom stereocenters. The number of hydrogen-bond acceptors (Lipinski definition) is 8. The minimum Gasteiger partial charge on any atom is -0.462 e. The van der Waals surface area contributed by atoms with Gasteiger partial charge in [-0.25, -0.2) is 4.57 Å². The van der Waals surface area contributed by atoms with Crippen molar-refractivity contribution in [1.29, 1.82) is 0 Å². The summed E-state index contributed by atoms with van der Waals surface area (Å²) in [5.74, 6) is -0.820. The van der Waals surface area contributed by atoms with E-state index in [1.165, 1.54) is 257 Å². The highest BCUT2D eigenvalue weighted by molar-refractivity contribution is 7.47. The minimum absolute atomic E-state index is 0.0540. The summed E-state index contributed by atoms with van der Waals surface area (Å²) in [4.78, 5) is 35.2. The highest BCUT2D eigenvalue weighted by Crippen LogP contribution is 2.43. The second kappa shape index (κ2) is 60.7. The summed E-state index contributed by atoms with van der Waals surface area (Å²) in [7, 11) is -4.39. The average molecular weight is 1070 g/mol. The van der Waals surface area contributed by atoms with Crippen LogP contribution >= 0.6 is 7.82 Å². The van der Waals surface area contributed by atoms with Gasteiger partial charge in [-0.15, -0.1) is 0 Å². The van der Waals surface area contributed by atoms with Crippen molar-refractivity contribution in [2.24, 2.45) is 5.73 Å². The summed E-state index contributed by atoms with van der Waals surface area (Å²) in [5, 5.41) is 0. The van der Waals surface area contributed by atoms with Crippen LogP contribution in [0.25, 0.3) is 0 Å². The molecule has 0 heterocycles. The second-order valence-electron chi connectivity index (χ2n) is 22.0. The SMILES string of the molecule is CCCCC/C=C\C/C=C\CCCCCCCCCC(=O)OC(COC(=O)CCCCCCCCCCCCCCCCCCCCCCCCCCCCCCCCCCCCCC)COP(=O)(O)OCCN. The van der Waals surface area contributed by atoms with Crippen molar-refractivity contribution in [2.45, 2.75) is 347 Å². The van der Waals surface area contributed by atoms with Crippen LogP contribution in [0.5, 0.6) is 0 Å². The molecule has 0 radical (unpaired) electrons. The van der Waals surface area contributed by atoms with Crippen molar-refractivity contribution >= 4 is 19.8 Å². The van der Waals surface area contributed by atoms with Gasteiger partial charge in [-0.1, -0.05) is 308 Å². The maximum absolute atomic E-state index is 12.7. The normalized spacial score (nSPS) is 13.1. The first-order chi connectivity index (χ1) is 36.3. The molecule has 10 heteroatoms.